The molecule has 6 heteroatoms. The molecule has 1 amide bonds. The zero-order chi connectivity index (χ0) is 12.1. The van der Waals surface area contributed by atoms with Gasteiger partial charge in [-0.2, -0.15) is 0 Å². The molecule has 1 rings (SSSR count). The van der Waals surface area contributed by atoms with Crippen LogP contribution in [0.25, 0.3) is 0 Å². The molecule has 1 saturated heterocycles. The fourth-order valence-electron chi connectivity index (χ4n) is 1.87. The van der Waals surface area contributed by atoms with Crippen LogP contribution in [0.15, 0.2) is 0 Å². The minimum atomic E-state index is -0.954. The lowest BCUT2D eigenvalue weighted by Crippen LogP contribution is -2.48. The summed E-state index contributed by atoms with van der Waals surface area (Å²) in [4.78, 5) is 24.1. The van der Waals surface area contributed by atoms with E-state index >= 15 is 0 Å². The summed E-state index contributed by atoms with van der Waals surface area (Å²) in [5, 5.41) is 8.93. The number of carbonyl (C=O) groups is 2. The van der Waals surface area contributed by atoms with Crippen molar-refractivity contribution in [2.75, 3.05) is 20.3 Å². The number of hydrogen-bond donors (Lipinski definition) is 2. The topological polar surface area (TPSA) is 92.9 Å². The fraction of sp³-hybridized carbons (Fsp3) is 0.800. The first kappa shape index (κ1) is 12.9. The molecule has 6 nitrogen and oxygen atoms in total. The number of nitrogens with two attached hydrogens (primary N) is 1. The van der Waals surface area contributed by atoms with Gasteiger partial charge in [-0.3, -0.25) is 4.79 Å². The predicted octanol–water partition coefficient (Wildman–Crippen LogP) is -0.574. The Hall–Kier alpha value is -1.14. The molecule has 3 N–H and O–H groups in total. The van der Waals surface area contributed by atoms with Crippen LogP contribution in [0.4, 0.5) is 0 Å². The number of nitrogens with zero attached hydrogens (tertiary/aromatic N) is 1. The number of amides is 1. The van der Waals surface area contributed by atoms with Gasteiger partial charge in [-0.05, 0) is 19.3 Å². The molecule has 2 atom stereocenters. The standard InChI is InChI=1S/C10H18N2O4/c1-16-6-4-7(11)9(13)12-5-2-3-8(12)10(14)15/h7-8H,2-6,11H2,1H3,(H,14,15)/t7?,8-/m0/s1. The highest BCUT2D eigenvalue weighted by atomic mass is 16.5. The molecule has 92 valence electrons. The molecule has 0 aromatic heterocycles. The molecule has 1 unspecified atom stereocenters. The predicted molar refractivity (Wildman–Crippen MR) is 56.8 cm³/mol. The average molecular weight is 230 g/mol. The highest BCUT2D eigenvalue weighted by molar-refractivity contribution is 5.87. The maximum atomic E-state index is 11.8. The van der Waals surface area contributed by atoms with Crippen LogP contribution in [0.5, 0.6) is 0 Å². The van der Waals surface area contributed by atoms with Crippen LogP contribution in [0.2, 0.25) is 0 Å². The minimum absolute atomic E-state index is 0.290. The molecule has 0 radical (unpaired) electrons. The van der Waals surface area contributed by atoms with E-state index in [0.717, 1.165) is 6.42 Å². The summed E-state index contributed by atoms with van der Waals surface area (Å²) in [6.45, 7) is 0.884. The van der Waals surface area contributed by atoms with Crippen LogP contribution in [0.1, 0.15) is 19.3 Å². The van der Waals surface area contributed by atoms with Gasteiger partial charge in [-0.25, -0.2) is 4.79 Å². The first-order valence-electron chi connectivity index (χ1n) is 5.35. The third-order valence-corrected chi connectivity index (χ3v) is 2.77. The van der Waals surface area contributed by atoms with Crippen molar-refractivity contribution in [2.45, 2.75) is 31.3 Å². The quantitative estimate of drug-likeness (QED) is 0.659. The van der Waals surface area contributed by atoms with Crippen molar-refractivity contribution in [2.24, 2.45) is 5.73 Å². The van der Waals surface area contributed by atoms with Gasteiger partial charge in [0.05, 0.1) is 6.04 Å². The smallest absolute Gasteiger partial charge is 0.326 e. The van der Waals surface area contributed by atoms with Crippen molar-refractivity contribution in [1.82, 2.24) is 4.90 Å². The number of carbonyl (C=O) groups excluding carboxylic acids is 1. The molecule has 1 aliphatic rings. The average Bonchev–Trinajstić information content (AvgIpc) is 2.73. The number of carboxylic acids is 1. The van der Waals surface area contributed by atoms with E-state index in [4.69, 9.17) is 15.6 Å². The molecule has 0 aromatic carbocycles. The maximum Gasteiger partial charge on any atom is 0.326 e. The van der Waals surface area contributed by atoms with Crippen LogP contribution in [0.3, 0.4) is 0 Å². The number of ether oxygens (including phenoxy) is 1. The summed E-state index contributed by atoms with van der Waals surface area (Å²) in [7, 11) is 1.53. The lowest BCUT2D eigenvalue weighted by atomic mass is 10.1. The summed E-state index contributed by atoms with van der Waals surface area (Å²) < 4.78 is 4.83. The minimum Gasteiger partial charge on any atom is -0.480 e. The Morgan fingerprint density at radius 3 is 2.88 bits per heavy atom. The van der Waals surface area contributed by atoms with Gasteiger partial charge in [0, 0.05) is 20.3 Å². The van der Waals surface area contributed by atoms with Gasteiger partial charge >= 0.3 is 5.97 Å². The van der Waals surface area contributed by atoms with Crippen LogP contribution < -0.4 is 5.73 Å². The van der Waals surface area contributed by atoms with Gasteiger partial charge < -0.3 is 20.5 Å². The number of methoxy groups -OCH3 is 1. The van der Waals surface area contributed by atoms with Gasteiger partial charge in [-0.15, -0.1) is 0 Å². The number of likely N-dealkylation sites (tertiary alicyclic amines) is 1. The summed E-state index contributed by atoms with van der Waals surface area (Å²) in [5.74, 6) is -1.24. The third kappa shape index (κ3) is 2.93. The van der Waals surface area contributed by atoms with E-state index in [1.165, 1.54) is 12.0 Å². The molecule has 16 heavy (non-hydrogen) atoms. The number of carboxylic acid groups (broad SMARTS) is 1. The van der Waals surface area contributed by atoms with Gasteiger partial charge in [0.25, 0.3) is 0 Å². The lowest BCUT2D eigenvalue weighted by Gasteiger charge is -2.24. The van der Waals surface area contributed by atoms with Crippen molar-refractivity contribution in [3.63, 3.8) is 0 Å². The van der Waals surface area contributed by atoms with E-state index in [0.29, 0.717) is 26.0 Å². The van der Waals surface area contributed by atoms with E-state index in [-0.39, 0.29) is 5.91 Å². The van der Waals surface area contributed by atoms with Crippen LogP contribution in [-0.4, -0.2) is 54.2 Å². The Bertz CT molecular complexity index is 270. The Balaban J connectivity index is 2.55. The van der Waals surface area contributed by atoms with Crippen molar-refractivity contribution in [3.05, 3.63) is 0 Å². The number of aliphatic carboxylic acids is 1. The molecule has 0 aliphatic carbocycles. The molecule has 0 spiro atoms. The molecule has 1 aliphatic heterocycles. The van der Waals surface area contributed by atoms with E-state index in [1.54, 1.807) is 0 Å². The molecular formula is C10H18N2O4. The third-order valence-electron chi connectivity index (χ3n) is 2.77. The largest absolute Gasteiger partial charge is 0.480 e. The zero-order valence-corrected chi connectivity index (χ0v) is 9.39. The second-order valence-electron chi connectivity index (χ2n) is 3.92. The monoisotopic (exact) mass is 230 g/mol. The highest BCUT2D eigenvalue weighted by Crippen LogP contribution is 2.18. The van der Waals surface area contributed by atoms with Crippen molar-refractivity contribution in [3.8, 4) is 0 Å². The van der Waals surface area contributed by atoms with Gasteiger partial charge in [-0.1, -0.05) is 0 Å². The van der Waals surface area contributed by atoms with E-state index in [2.05, 4.69) is 0 Å². The lowest BCUT2D eigenvalue weighted by molar-refractivity contribution is -0.148. The number of hydrogen-bond acceptors (Lipinski definition) is 4. The van der Waals surface area contributed by atoms with Crippen molar-refractivity contribution in [1.29, 1.82) is 0 Å². The van der Waals surface area contributed by atoms with Crippen LogP contribution >= 0.6 is 0 Å². The Morgan fingerprint density at radius 2 is 2.31 bits per heavy atom. The Morgan fingerprint density at radius 1 is 1.62 bits per heavy atom. The van der Waals surface area contributed by atoms with E-state index < -0.39 is 18.1 Å². The molecule has 0 aromatic rings. The Labute approximate surface area is 94.3 Å². The van der Waals surface area contributed by atoms with Crippen molar-refractivity contribution < 1.29 is 19.4 Å². The normalized spacial score (nSPS) is 22.1. The summed E-state index contributed by atoms with van der Waals surface area (Å²) in [6.07, 6.45) is 1.65. The van der Waals surface area contributed by atoms with Crippen molar-refractivity contribution >= 4 is 11.9 Å². The summed E-state index contributed by atoms with van der Waals surface area (Å²) in [5.41, 5.74) is 5.68. The maximum absolute atomic E-state index is 11.8. The first-order valence-corrected chi connectivity index (χ1v) is 5.35. The second-order valence-corrected chi connectivity index (χ2v) is 3.92. The SMILES string of the molecule is COCCC(N)C(=O)N1CCC[C@H]1C(=O)O. The number of rotatable bonds is 5. The summed E-state index contributed by atoms with van der Waals surface area (Å²) >= 11 is 0. The van der Waals surface area contributed by atoms with E-state index in [1.807, 2.05) is 0 Å². The zero-order valence-electron chi connectivity index (χ0n) is 9.39. The van der Waals surface area contributed by atoms with Gasteiger partial charge in [0.2, 0.25) is 5.91 Å². The Kier molecular flexibility index (Phi) is 4.70. The second kappa shape index (κ2) is 5.81. The van der Waals surface area contributed by atoms with E-state index in [9.17, 15) is 9.59 Å². The molecule has 1 heterocycles. The van der Waals surface area contributed by atoms with Gasteiger partial charge in [0.1, 0.15) is 6.04 Å². The van der Waals surface area contributed by atoms with Gasteiger partial charge in [0.15, 0.2) is 0 Å². The fourth-order valence-corrected chi connectivity index (χ4v) is 1.87. The van der Waals surface area contributed by atoms with Crippen LogP contribution in [-0.2, 0) is 14.3 Å². The first-order chi connectivity index (χ1) is 7.57. The molecular weight excluding hydrogens is 212 g/mol. The molecule has 1 fully saturated rings. The highest BCUT2D eigenvalue weighted by Gasteiger charge is 2.35. The summed E-state index contributed by atoms with van der Waals surface area (Å²) in [6, 6.07) is -1.37. The molecule has 0 bridgehead atoms. The van der Waals surface area contributed by atoms with Crippen LogP contribution in [0, 0.1) is 0 Å². The molecule has 0 saturated carbocycles.